The number of nitrogens with one attached hydrogen (secondary N) is 1. The first-order valence-electron chi connectivity index (χ1n) is 15.5. The fourth-order valence-corrected chi connectivity index (χ4v) is 10.1. The van der Waals surface area contributed by atoms with Gasteiger partial charge in [0.25, 0.3) is 5.56 Å². The van der Waals surface area contributed by atoms with Crippen molar-refractivity contribution in [3.05, 3.63) is 44.4 Å². The second kappa shape index (κ2) is 9.56. The zero-order valence-corrected chi connectivity index (χ0v) is 24.7. The summed E-state index contributed by atoms with van der Waals surface area (Å²) in [7, 11) is 0. The molecule has 1 N–H and O–H groups in total. The lowest BCUT2D eigenvalue weighted by Crippen LogP contribution is -2.49. The Hall–Kier alpha value is -3.40. The second-order valence-corrected chi connectivity index (χ2v) is 14.2. The first-order valence-corrected chi connectivity index (χ1v) is 16.3. The topological polar surface area (TPSA) is 114 Å². The van der Waals surface area contributed by atoms with Crippen LogP contribution in [0.25, 0.3) is 10.2 Å². The molecule has 1 amide bonds. The van der Waals surface area contributed by atoms with Gasteiger partial charge >= 0.3 is 0 Å². The van der Waals surface area contributed by atoms with E-state index in [1.807, 2.05) is 16.4 Å². The molecule has 3 aromatic heterocycles. The molecule has 42 heavy (non-hydrogen) atoms. The number of amides is 1. The molecule has 2 aliphatic carbocycles. The fourth-order valence-electron chi connectivity index (χ4n) is 8.79. The molecule has 1 spiro atoms. The number of piperidine rings is 1. The van der Waals surface area contributed by atoms with E-state index in [1.165, 1.54) is 6.33 Å². The van der Waals surface area contributed by atoms with Crippen molar-refractivity contribution >= 4 is 50.5 Å². The minimum atomic E-state index is -0.407. The molecule has 218 valence electrons. The van der Waals surface area contributed by atoms with Crippen LogP contribution in [0.4, 0.5) is 11.5 Å². The van der Waals surface area contributed by atoms with Crippen molar-refractivity contribution in [1.82, 2.24) is 19.4 Å². The molecule has 9 nitrogen and oxygen atoms in total. The molecule has 8 rings (SSSR count). The number of hydrogen-bond donors (Lipinski definition) is 1. The van der Waals surface area contributed by atoms with Crippen LogP contribution >= 0.6 is 11.3 Å². The molecule has 5 aliphatic rings. The molecule has 3 aliphatic heterocycles. The summed E-state index contributed by atoms with van der Waals surface area (Å²) in [6.07, 6.45) is 11.9. The molecular weight excluding hydrogens is 550 g/mol. The lowest BCUT2D eigenvalue weighted by molar-refractivity contribution is -0.142. The maximum Gasteiger partial charge on any atom is 0.275 e. The highest BCUT2D eigenvalue weighted by Gasteiger charge is 2.47. The lowest BCUT2D eigenvalue weighted by Gasteiger charge is -2.37. The summed E-state index contributed by atoms with van der Waals surface area (Å²) in [5.74, 6) is 1.09. The van der Waals surface area contributed by atoms with E-state index in [2.05, 4.69) is 15.3 Å². The molecule has 2 bridgehead atoms. The number of aromatic nitrogens is 3. The van der Waals surface area contributed by atoms with Crippen LogP contribution in [0, 0.1) is 12.8 Å². The van der Waals surface area contributed by atoms with Crippen LogP contribution in [-0.2, 0) is 28.0 Å². The molecule has 1 saturated carbocycles. The van der Waals surface area contributed by atoms with Gasteiger partial charge in [0.05, 0.1) is 16.6 Å². The zero-order valence-electron chi connectivity index (χ0n) is 23.9. The summed E-state index contributed by atoms with van der Waals surface area (Å²) in [5, 5.41) is 4.30. The number of Topliss-reactive ketones (excluding diaryl/α,β-unsaturated/α-hetero) is 2. The molecule has 0 radical (unpaired) electrons. The van der Waals surface area contributed by atoms with Gasteiger partial charge in [-0.1, -0.05) is 19.3 Å². The molecule has 3 aromatic rings. The number of rotatable bonds is 3. The minimum Gasteiger partial charge on any atom is -0.336 e. The molecule has 6 heterocycles. The van der Waals surface area contributed by atoms with E-state index in [9.17, 15) is 19.2 Å². The molecule has 3 fully saturated rings. The number of carbonyl (C=O) groups excluding carboxylic acids is 3. The third-order valence-corrected chi connectivity index (χ3v) is 11.8. The van der Waals surface area contributed by atoms with Crippen LogP contribution in [0.15, 0.2) is 17.2 Å². The summed E-state index contributed by atoms with van der Waals surface area (Å²) in [6, 6.07) is 1.95. The maximum atomic E-state index is 14.0. The Bertz CT molecular complexity index is 1720. The van der Waals surface area contributed by atoms with E-state index in [-0.39, 0.29) is 35.3 Å². The summed E-state index contributed by atoms with van der Waals surface area (Å²) in [5.41, 5.74) is 2.42. The van der Waals surface area contributed by atoms with Crippen molar-refractivity contribution in [2.45, 2.75) is 108 Å². The number of nitrogens with zero attached hydrogens (tertiary/aromatic N) is 4. The Morgan fingerprint density at radius 3 is 2.55 bits per heavy atom. The summed E-state index contributed by atoms with van der Waals surface area (Å²) in [6.45, 7) is 1.92. The Kier molecular flexibility index (Phi) is 5.97. The van der Waals surface area contributed by atoms with E-state index in [0.717, 1.165) is 84.0 Å². The largest absolute Gasteiger partial charge is 0.336 e. The quantitative estimate of drug-likeness (QED) is 0.461. The van der Waals surface area contributed by atoms with Gasteiger partial charge in [-0.2, -0.15) is 0 Å². The maximum absolute atomic E-state index is 14.0. The highest BCUT2D eigenvalue weighted by atomic mass is 32.1. The van der Waals surface area contributed by atoms with Gasteiger partial charge in [-0.25, -0.2) is 9.97 Å². The molecule has 3 atom stereocenters. The number of fused-ring (bicyclic) bond motifs is 7. The Labute approximate surface area is 247 Å². The van der Waals surface area contributed by atoms with Crippen LogP contribution in [0.3, 0.4) is 0 Å². The van der Waals surface area contributed by atoms with Crippen molar-refractivity contribution in [3.63, 3.8) is 0 Å². The number of pyridine rings is 1. The number of hydrogen-bond acceptors (Lipinski definition) is 8. The number of aryl methyl sites for hydroxylation is 2. The van der Waals surface area contributed by atoms with Gasteiger partial charge in [0.1, 0.15) is 28.4 Å². The van der Waals surface area contributed by atoms with Crippen LogP contribution in [-0.4, -0.2) is 49.0 Å². The van der Waals surface area contributed by atoms with Crippen molar-refractivity contribution in [2.24, 2.45) is 5.92 Å². The van der Waals surface area contributed by atoms with Gasteiger partial charge in [-0.15, -0.1) is 11.3 Å². The van der Waals surface area contributed by atoms with Crippen molar-refractivity contribution in [3.8, 4) is 0 Å². The fraction of sp³-hybridized carbons (Fsp3) is 0.562. The van der Waals surface area contributed by atoms with E-state index < -0.39 is 5.54 Å². The van der Waals surface area contributed by atoms with Crippen molar-refractivity contribution in [2.75, 3.05) is 5.32 Å². The predicted molar refractivity (Wildman–Crippen MR) is 160 cm³/mol. The molecular formula is C32H35N5O4S. The van der Waals surface area contributed by atoms with E-state index in [0.29, 0.717) is 48.7 Å². The third-order valence-electron chi connectivity index (χ3n) is 10.7. The normalized spacial score (nSPS) is 26.1. The zero-order chi connectivity index (χ0) is 28.7. The first-order chi connectivity index (χ1) is 20.3. The number of thiophene rings is 1. The van der Waals surface area contributed by atoms with Gasteiger partial charge in [-0.3, -0.25) is 23.7 Å². The first kappa shape index (κ1) is 26.2. The van der Waals surface area contributed by atoms with Gasteiger partial charge in [0, 0.05) is 42.1 Å². The van der Waals surface area contributed by atoms with E-state index in [4.69, 9.17) is 0 Å². The van der Waals surface area contributed by atoms with Crippen LogP contribution in [0.5, 0.6) is 0 Å². The van der Waals surface area contributed by atoms with Crippen molar-refractivity contribution in [1.29, 1.82) is 0 Å². The molecule has 10 heteroatoms. The standard InChI is InChI=1S/C32H35N5O4S/c1-17-11-23(31(41)37-27(17)24(39)15-32(37)9-3-2-4-10-32)35-28-26-22-8-5-18(12-25(22)42-29(26)34-16-33-28)30(40)36-19-6-7-20(36)14-21(38)13-19/h11,16,18-20H,2-10,12-15H2,1H3,(H,33,34,35)/t18-,19?,20?/m0/s1. The highest BCUT2D eigenvalue weighted by molar-refractivity contribution is 7.19. The summed E-state index contributed by atoms with van der Waals surface area (Å²) >= 11 is 1.61. The van der Waals surface area contributed by atoms with Crippen LogP contribution in [0.1, 0.15) is 97.1 Å². The highest BCUT2D eigenvalue weighted by Crippen LogP contribution is 2.45. The van der Waals surface area contributed by atoms with Crippen molar-refractivity contribution < 1.29 is 14.4 Å². The molecule has 2 unspecified atom stereocenters. The van der Waals surface area contributed by atoms with E-state index >= 15 is 0 Å². The molecule has 2 saturated heterocycles. The van der Waals surface area contributed by atoms with Gasteiger partial charge in [0.15, 0.2) is 5.78 Å². The third kappa shape index (κ3) is 3.86. The van der Waals surface area contributed by atoms with Crippen LogP contribution < -0.4 is 10.9 Å². The second-order valence-electron chi connectivity index (χ2n) is 13.2. The number of ketones is 2. The SMILES string of the molecule is Cc1cc(Nc2ncnc3sc4c(c23)CC[C@H](C(=O)N2C3CCC2CC(=O)C3)C4)c(=O)n2c1C(=O)CC21CCCCC1. The van der Waals surface area contributed by atoms with Crippen LogP contribution in [0.2, 0.25) is 0 Å². The lowest BCUT2D eigenvalue weighted by atomic mass is 9.80. The number of anilines is 2. The smallest absolute Gasteiger partial charge is 0.275 e. The summed E-state index contributed by atoms with van der Waals surface area (Å²) in [4.78, 5) is 66.1. The monoisotopic (exact) mass is 585 g/mol. The van der Waals surface area contributed by atoms with E-state index in [1.54, 1.807) is 17.4 Å². The Morgan fingerprint density at radius 2 is 1.79 bits per heavy atom. The Balaban J connectivity index is 1.12. The Morgan fingerprint density at radius 1 is 1.02 bits per heavy atom. The van der Waals surface area contributed by atoms with Gasteiger partial charge < -0.3 is 10.2 Å². The summed E-state index contributed by atoms with van der Waals surface area (Å²) < 4.78 is 1.81. The van der Waals surface area contributed by atoms with Gasteiger partial charge in [0.2, 0.25) is 5.91 Å². The predicted octanol–water partition coefficient (Wildman–Crippen LogP) is 4.98. The molecule has 0 aromatic carbocycles. The van der Waals surface area contributed by atoms with Gasteiger partial charge in [-0.05, 0) is 69.1 Å². The average Bonchev–Trinajstić information content (AvgIpc) is 3.58. The minimum absolute atomic E-state index is 0.0719. The number of carbonyl (C=O) groups is 3. The average molecular weight is 586 g/mol.